The standard InChI is InChI=1S/C27H32F2N6O4/c1-14-22(35-39-34-14)26(37)33-24(20-4-2-3-9-38-20)25-30-18-8-7-17(11-19(18)31-25)23(16-5-6-16)32-21(36)10-15-12-27(28,29)13-15/h7-8,11,15-16,20,23-24H,2-6,9-10,12-13H2,1H3,(H,30,31)(H,32,36)(H,33,37)/t20-,23?,24+/m1/s1. The molecule has 3 aliphatic rings. The summed E-state index contributed by atoms with van der Waals surface area (Å²) in [5.74, 6) is -2.62. The van der Waals surface area contributed by atoms with Gasteiger partial charge in [0.25, 0.3) is 5.91 Å². The van der Waals surface area contributed by atoms with Crippen LogP contribution in [0.1, 0.15) is 91.0 Å². The molecular formula is C27H32F2N6O4. The van der Waals surface area contributed by atoms with E-state index in [1.165, 1.54) is 0 Å². The van der Waals surface area contributed by atoms with Crippen molar-refractivity contribution in [3.8, 4) is 0 Å². The Balaban J connectivity index is 1.22. The zero-order chi connectivity index (χ0) is 27.1. The summed E-state index contributed by atoms with van der Waals surface area (Å²) in [5, 5.41) is 13.5. The van der Waals surface area contributed by atoms with E-state index >= 15 is 0 Å². The van der Waals surface area contributed by atoms with Crippen LogP contribution in [0.15, 0.2) is 22.8 Å². The topological polar surface area (TPSA) is 135 Å². The first-order valence-corrected chi connectivity index (χ1v) is 13.6. The number of hydrogen-bond acceptors (Lipinski definition) is 7. The van der Waals surface area contributed by atoms with Gasteiger partial charge >= 0.3 is 0 Å². The molecule has 1 aliphatic heterocycles. The molecule has 1 aromatic carbocycles. The van der Waals surface area contributed by atoms with Crippen molar-refractivity contribution < 1.29 is 27.7 Å². The van der Waals surface area contributed by atoms with Crippen LogP contribution in [0.25, 0.3) is 11.0 Å². The maximum Gasteiger partial charge on any atom is 0.276 e. The monoisotopic (exact) mass is 542 g/mol. The van der Waals surface area contributed by atoms with E-state index in [0.717, 1.165) is 48.7 Å². The van der Waals surface area contributed by atoms with Crippen LogP contribution < -0.4 is 10.6 Å². The summed E-state index contributed by atoms with van der Waals surface area (Å²) in [4.78, 5) is 33.8. The van der Waals surface area contributed by atoms with E-state index in [2.05, 4.69) is 25.9 Å². The van der Waals surface area contributed by atoms with E-state index in [0.29, 0.717) is 24.0 Å². The Labute approximate surface area is 223 Å². The molecule has 12 heteroatoms. The average Bonchev–Trinajstić information content (AvgIpc) is 3.50. The molecule has 10 nitrogen and oxygen atoms in total. The molecule has 3 aromatic rings. The molecule has 2 amide bonds. The highest BCUT2D eigenvalue weighted by Crippen LogP contribution is 2.45. The fourth-order valence-corrected chi connectivity index (χ4v) is 5.73. The first-order chi connectivity index (χ1) is 18.8. The number of H-pyrrole nitrogens is 1. The molecule has 1 saturated heterocycles. The Bertz CT molecular complexity index is 1360. The first-order valence-electron chi connectivity index (χ1n) is 13.6. The number of amides is 2. The van der Waals surface area contributed by atoms with E-state index in [1.807, 2.05) is 18.2 Å². The van der Waals surface area contributed by atoms with Crippen molar-refractivity contribution in [2.24, 2.45) is 11.8 Å². The molecule has 3 fully saturated rings. The number of carbonyl (C=O) groups excluding carboxylic acids is 2. The second-order valence-electron chi connectivity index (χ2n) is 11.2. The van der Waals surface area contributed by atoms with Gasteiger partial charge in [-0.15, -0.1) is 0 Å². The van der Waals surface area contributed by atoms with Crippen LogP contribution in [-0.4, -0.2) is 50.7 Å². The van der Waals surface area contributed by atoms with E-state index in [9.17, 15) is 18.4 Å². The molecule has 6 rings (SSSR count). The summed E-state index contributed by atoms with van der Waals surface area (Å²) in [6.45, 7) is 2.25. The number of aromatic nitrogens is 4. The van der Waals surface area contributed by atoms with Gasteiger partial charge in [0, 0.05) is 25.9 Å². The highest BCUT2D eigenvalue weighted by Gasteiger charge is 2.46. The lowest BCUT2D eigenvalue weighted by Crippen LogP contribution is -2.40. The highest BCUT2D eigenvalue weighted by molar-refractivity contribution is 5.93. The Morgan fingerprint density at radius 3 is 2.62 bits per heavy atom. The summed E-state index contributed by atoms with van der Waals surface area (Å²) in [6.07, 6.45) is 4.14. The molecule has 3 N–H and O–H groups in total. The molecule has 0 bridgehead atoms. The number of rotatable bonds is 9. The van der Waals surface area contributed by atoms with Crippen LogP contribution in [0.2, 0.25) is 0 Å². The third-order valence-electron chi connectivity index (χ3n) is 7.98. The van der Waals surface area contributed by atoms with Crippen LogP contribution in [0.3, 0.4) is 0 Å². The Kier molecular flexibility index (Phi) is 6.82. The number of halogens is 2. The molecule has 0 radical (unpaired) electrons. The number of aromatic amines is 1. The number of nitrogens with zero attached hydrogens (tertiary/aromatic N) is 3. The molecule has 3 heterocycles. The van der Waals surface area contributed by atoms with Crippen molar-refractivity contribution in [3.63, 3.8) is 0 Å². The molecule has 2 aliphatic carbocycles. The van der Waals surface area contributed by atoms with Gasteiger partial charge in [0.1, 0.15) is 17.6 Å². The maximum atomic E-state index is 13.2. The molecule has 0 spiro atoms. The predicted molar refractivity (Wildman–Crippen MR) is 135 cm³/mol. The highest BCUT2D eigenvalue weighted by atomic mass is 19.3. The van der Waals surface area contributed by atoms with Crippen LogP contribution in [0.4, 0.5) is 8.78 Å². The van der Waals surface area contributed by atoms with E-state index < -0.39 is 17.9 Å². The molecule has 2 aromatic heterocycles. The average molecular weight is 543 g/mol. The second kappa shape index (κ2) is 10.3. The van der Waals surface area contributed by atoms with Gasteiger partial charge in [-0.1, -0.05) is 11.2 Å². The lowest BCUT2D eigenvalue weighted by Gasteiger charge is -2.34. The largest absolute Gasteiger partial charge is 0.376 e. The van der Waals surface area contributed by atoms with Crippen molar-refractivity contribution >= 4 is 22.8 Å². The van der Waals surface area contributed by atoms with Gasteiger partial charge in [0.05, 0.1) is 23.2 Å². The molecular weight excluding hydrogens is 510 g/mol. The SMILES string of the molecule is Cc1nonc1C(=O)N[C@H](c1nc2ccc(C(NC(=O)CC3CC(F)(F)C3)C3CC3)cc2[nH]1)[C@H]1CCCCO1. The maximum absolute atomic E-state index is 13.2. The molecule has 208 valence electrons. The summed E-state index contributed by atoms with van der Waals surface area (Å²) in [5.41, 5.74) is 2.94. The third-order valence-corrected chi connectivity index (χ3v) is 7.98. The number of hydrogen-bond donors (Lipinski definition) is 3. The van der Waals surface area contributed by atoms with Gasteiger partial charge in [-0.2, -0.15) is 0 Å². The van der Waals surface area contributed by atoms with Gasteiger partial charge in [-0.25, -0.2) is 18.4 Å². The minimum atomic E-state index is -2.63. The molecule has 3 atom stereocenters. The minimum Gasteiger partial charge on any atom is -0.376 e. The Morgan fingerprint density at radius 1 is 1.13 bits per heavy atom. The number of fused-ring (bicyclic) bond motifs is 1. The van der Waals surface area contributed by atoms with Crippen molar-refractivity contribution in [1.29, 1.82) is 0 Å². The van der Waals surface area contributed by atoms with E-state index in [4.69, 9.17) is 14.3 Å². The lowest BCUT2D eigenvalue weighted by atomic mass is 9.79. The zero-order valence-corrected chi connectivity index (χ0v) is 21.7. The van der Waals surface area contributed by atoms with Gasteiger partial charge in [0.2, 0.25) is 11.8 Å². The normalized spacial score (nSPS) is 22.7. The first kappa shape index (κ1) is 25.8. The van der Waals surface area contributed by atoms with Crippen LogP contribution >= 0.6 is 0 Å². The Hall–Kier alpha value is -3.41. The summed E-state index contributed by atoms with van der Waals surface area (Å²) in [6, 6.07) is 5.09. The van der Waals surface area contributed by atoms with Gasteiger partial charge in [-0.05, 0) is 73.7 Å². The smallest absolute Gasteiger partial charge is 0.276 e. The number of aryl methyl sites for hydroxylation is 1. The van der Waals surface area contributed by atoms with E-state index in [1.54, 1.807) is 6.92 Å². The van der Waals surface area contributed by atoms with Gasteiger partial charge in [-0.3, -0.25) is 9.59 Å². The van der Waals surface area contributed by atoms with Crippen LogP contribution in [0, 0.1) is 18.8 Å². The van der Waals surface area contributed by atoms with Gasteiger partial charge in [0.15, 0.2) is 5.69 Å². The number of benzene rings is 1. The summed E-state index contributed by atoms with van der Waals surface area (Å²) in [7, 11) is 0. The number of ether oxygens (including phenoxy) is 1. The summed E-state index contributed by atoms with van der Waals surface area (Å²) < 4.78 is 37.1. The second-order valence-corrected chi connectivity index (χ2v) is 11.2. The predicted octanol–water partition coefficient (Wildman–Crippen LogP) is 4.30. The molecule has 39 heavy (non-hydrogen) atoms. The fourth-order valence-electron chi connectivity index (χ4n) is 5.73. The lowest BCUT2D eigenvalue weighted by molar-refractivity contribution is -0.134. The third kappa shape index (κ3) is 5.66. The van der Waals surface area contributed by atoms with Crippen molar-refractivity contribution in [2.45, 2.75) is 82.4 Å². The zero-order valence-electron chi connectivity index (χ0n) is 21.7. The number of carbonyl (C=O) groups is 2. The summed E-state index contributed by atoms with van der Waals surface area (Å²) >= 11 is 0. The quantitative estimate of drug-likeness (QED) is 0.367. The minimum absolute atomic E-state index is 0.114. The van der Waals surface area contributed by atoms with E-state index in [-0.39, 0.29) is 48.9 Å². The molecule has 2 saturated carbocycles. The number of alkyl halides is 2. The van der Waals surface area contributed by atoms with Crippen LogP contribution in [0.5, 0.6) is 0 Å². The van der Waals surface area contributed by atoms with Crippen molar-refractivity contribution in [1.82, 2.24) is 30.9 Å². The number of nitrogens with one attached hydrogen (secondary N) is 3. The number of imidazole rings is 1. The fraction of sp³-hybridized carbons (Fsp3) is 0.593. The van der Waals surface area contributed by atoms with Crippen molar-refractivity contribution in [2.75, 3.05) is 6.61 Å². The molecule has 1 unspecified atom stereocenters. The van der Waals surface area contributed by atoms with Gasteiger partial charge < -0.3 is 20.4 Å². The van der Waals surface area contributed by atoms with Crippen LogP contribution in [-0.2, 0) is 9.53 Å². The van der Waals surface area contributed by atoms with Crippen molar-refractivity contribution in [3.05, 3.63) is 41.0 Å². The Morgan fingerprint density at radius 2 is 1.95 bits per heavy atom.